The summed E-state index contributed by atoms with van der Waals surface area (Å²) in [6.07, 6.45) is 19.7. The topological polar surface area (TPSA) is 51.1 Å². The molecule has 0 amide bonds. The lowest BCUT2D eigenvalue weighted by molar-refractivity contribution is 0.0550. The highest BCUT2D eigenvalue weighted by molar-refractivity contribution is 5.97. The summed E-state index contributed by atoms with van der Waals surface area (Å²) in [4.78, 5) is 0. The third kappa shape index (κ3) is 3.24. The second-order valence-electron chi connectivity index (χ2n) is 11.4. The smallest absolute Gasteiger partial charge is 0.134 e. The van der Waals surface area contributed by atoms with Crippen molar-refractivity contribution in [2.75, 3.05) is 0 Å². The van der Waals surface area contributed by atoms with E-state index in [2.05, 4.69) is 108 Å². The maximum atomic E-state index is 9.98. The number of benzene rings is 3. The molecule has 4 heteroatoms. The third-order valence-electron chi connectivity index (χ3n) is 9.23. The minimum Gasteiger partial charge on any atom is -0.460 e. The van der Waals surface area contributed by atoms with Crippen LogP contribution in [0.3, 0.4) is 0 Å². The minimum atomic E-state index is -0.0862. The summed E-state index contributed by atoms with van der Waals surface area (Å²) in [5.41, 5.74) is 9.38. The lowest BCUT2D eigenvalue weighted by Gasteiger charge is -2.26. The van der Waals surface area contributed by atoms with Crippen molar-refractivity contribution < 1.29 is 9.15 Å². The van der Waals surface area contributed by atoms with E-state index in [9.17, 15) is 5.26 Å². The summed E-state index contributed by atoms with van der Waals surface area (Å²) >= 11 is 0. The van der Waals surface area contributed by atoms with Crippen molar-refractivity contribution in [2.24, 2.45) is 11.8 Å². The number of hydrogen-bond donors (Lipinski definition) is 0. The Kier molecular flexibility index (Phi) is 4.79. The van der Waals surface area contributed by atoms with Crippen molar-refractivity contribution in [3.63, 3.8) is 0 Å². The summed E-state index contributed by atoms with van der Waals surface area (Å²) in [5, 5.41) is 12.3. The molecule has 0 bridgehead atoms. The molecule has 0 spiro atoms. The van der Waals surface area contributed by atoms with Crippen LogP contribution in [0, 0.1) is 23.2 Å². The van der Waals surface area contributed by atoms with Gasteiger partial charge in [0, 0.05) is 45.7 Å². The molecule has 0 N–H and O–H groups in total. The zero-order valence-electron chi connectivity index (χ0n) is 22.3. The molecule has 41 heavy (non-hydrogen) atoms. The van der Waals surface area contributed by atoms with Gasteiger partial charge in [-0.2, -0.15) is 5.26 Å². The lowest BCUT2D eigenvalue weighted by Crippen LogP contribution is -2.19. The first-order chi connectivity index (χ1) is 20.3. The Morgan fingerprint density at radius 1 is 0.854 bits per heavy atom. The number of nitrogens with zero attached hydrogens (tertiary/aromatic N) is 2. The first kappa shape index (κ1) is 22.9. The minimum absolute atomic E-state index is 0.0599. The molecule has 1 aliphatic heterocycles. The van der Waals surface area contributed by atoms with Crippen LogP contribution in [0.2, 0.25) is 0 Å². The van der Waals surface area contributed by atoms with Gasteiger partial charge in [-0.1, -0.05) is 78.9 Å². The number of furan rings is 1. The average Bonchev–Trinajstić information content (AvgIpc) is 3.70. The number of fused-ring (bicyclic) bond motifs is 10. The highest BCUT2D eigenvalue weighted by Gasteiger charge is 2.46. The number of ether oxygens (including phenoxy) is 1. The molecule has 196 valence electrons. The van der Waals surface area contributed by atoms with Crippen molar-refractivity contribution >= 4 is 34.0 Å². The summed E-state index contributed by atoms with van der Waals surface area (Å²) in [6.45, 7) is 0. The predicted molar refractivity (Wildman–Crippen MR) is 162 cm³/mol. The molecule has 0 radical (unpaired) electrons. The SMILES string of the molecule is N#Cc1ccc(-c2ccc3oc4c(c3c2)C=CCC4)c(-n2c3c(c4ccccc42)C=CC2C3OC3C=CC=CC32)c1. The summed E-state index contributed by atoms with van der Waals surface area (Å²) in [7, 11) is 0. The number of rotatable bonds is 2. The molecule has 4 unspecified atom stereocenters. The zero-order chi connectivity index (χ0) is 27.1. The number of aromatic nitrogens is 1. The van der Waals surface area contributed by atoms with Gasteiger partial charge >= 0.3 is 0 Å². The molecular formula is C37H26N2O2. The van der Waals surface area contributed by atoms with Gasteiger partial charge in [0.05, 0.1) is 34.6 Å². The van der Waals surface area contributed by atoms with Crippen LogP contribution >= 0.6 is 0 Å². The van der Waals surface area contributed by atoms with E-state index in [1.807, 2.05) is 12.1 Å². The largest absolute Gasteiger partial charge is 0.460 e. The molecule has 0 saturated carbocycles. The molecule has 4 aliphatic rings. The van der Waals surface area contributed by atoms with Crippen molar-refractivity contribution in [3.8, 4) is 22.9 Å². The van der Waals surface area contributed by atoms with Crippen LogP contribution in [-0.4, -0.2) is 10.7 Å². The van der Waals surface area contributed by atoms with Gasteiger partial charge in [-0.15, -0.1) is 0 Å². The van der Waals surface area contributed by atoms with Crippen LogP contribution in [0.25, 0.3) is 50.8 Å². The number of hydrogen-bond acceptors (Lipinski definition) is 3. The number of allylic oxidation sites excluding steroid dienone is 3. The Morgan fingerprint density at radius 2 is 1.78 bits per heavy atom. The van der Waals surface area contributed by atoms with E-state index < -0.39 is 0 Å². The van der Waals surface area contributed by atoms with Gasteiger partial charge in [0.2, 0.25) is 0 Å². The monoisotopic (exact) mass is 530 g/mol. The second-order valence-corrected chi connectivity index (χ2v) is 11.4. The van der Waals surface area contributed by atoms with Crippen molar-refractivity contribution in [1.29, 1.82) is 5.26 Å². The average molecular weight is 531 g/mol. The fourth-order valence-corrected chi connectivity index (χ4v) is 7.38. The van der Waals surface area contributed by atoms with Gasteiger partial charge in [-0.3, -0.25) is 0 Å². The van der Waals surface area contributed by atoms with Gasteiger partial charge in [0.15, 0.2) is 0 Å². The van der Waals surface area contributed by atoms with Crippen molar-refractivity contribution in [1.82, 2.24) is 4.57 Å². The Bertz CT molecular complexity index is 2080. The first-order valence-corrected chi connectivity index (χ1v) is 14.4. The van der Waals surface area contributed by atoms with Crippen LogP contribution in [-0.2, 0) is 11.2 Å². The molecule has 1 fully saturated rings. The van der Waals surface area contributed by atoms with Crippen molar-refractivity contribution in [2.45, 2.75) is 25.0 Å². The van der Waals surface area contributed by atoms with Crippen LogP contribution < -0.4 is 0 Å². The maximum absolute atomic E-state index is 9.98. The Balaban J connectivity index is 1.31. The Hall–Kier alpha value is -4.85. The molecule has 1 saturated heterocycles. The van der Waals surface area contributed by atoms with E-state index in [1.54, 1.807) is 0 Å². The number of nitriles is 1. The molecular weight excluding hydrogens is 504 g/mol. The third-order valence-corrected chi connectivity index (χ3v) is 9.23. The van der Waals surface area contributed by atoms with Gasteiger partial charge < -0.3 is 13.7 Å². The molecule has 2 aromatic heterocycles. The number of aryl methyl sites for hydroxylation is 1. The van der Waals surface area contributed by atoms with Crippen LogP contribution in [0.15, 0.2) is 102 Å². The molecule has 3 heterocycles. The Morgan fingerprint density at radius 3 is 2.73 bits per heavy atom. The fraction of sp³-hybridized carbons (Fsp3) is 0.162. The zero-order valence-corrected chi connectivity index (χ0v) is 22.3. The highest BCUT2D eigenvalue weighted by atomic mass is 16.5. The van der Waals surface area contributed by atoms with Gasteiger partial charge in [0.25, 0.3) is 0 Å². The molecule has 4 atom stereocenters. The molecule has 3 aliphatic carbocycles. The maximum Gasteiger partial charge on any atom is 0.134 e. The van der Waals surface area contributed by atoms with Crippen molar-refractivity contribution in [3.05, 3.63) is 125 Å². The van der Waals surface area contributed by atoms with Gasteiger partial charge in [0.1, 0.15) is 17.4 Å². The van der Waals surface area contributed by atoms with E-state index in [1.165, 1.54) is 16.5 Å². The molecule has 9 rings (SSSR count). The standard InChI is InChI=1S/C37H26N2O2/c38-21-22-13-15-24(23-14-18-35-30(20-23)27-9-3-5-11-33(27)40-35)32(19-22)39-31-10-4-1-7-25(31)28-16-17-29-26-8-2-6-12-34(26)41-37(29)36(28)39/h1-4,6-10,12-20,26,29,34,37H,5,11H2. The van der Waals surface area contributed by atoms with E-state index in [-0.39, 0.29) is 18.1 Å². The van der Waals surface area contributed by atoms with Crippen LogP contribution in [0.1, 0.15) is 40.7 Å². The van der Waals surface area contributed by atoms with Crippen LogP contribution in [0.5, 0.6) is 0 Å². The second kappa shape index (κ2) is 8.57. The van der Waals surface area contributed by atoms with Gasteiger partial charge in [-0.25, -0.2) is 0 Å². The van der Waals surface area contributed by atoms with E-state index >= 15 is 0 Å². The predicted octanol–water partition coefficient (Wildman–Crippen LogP) is 8.70. The van der Waals surface area contributed by atoms with Crippen LogP contribution in [0.4, 0.5) is 0 Å². The fourth-order valence-electron chi connectivity index (χ4n) is 7.38. The molecule has 4 nitrogen and oxygen atoms in total. The molecule has 3 aromatic carbocycles. The highest BCUT2D eigenvalue weighted by Crippen LogP contribution is 2.52. The summed E-state index contributed by atoms with van der Waals surface area (Å²) in [6, 6.07) is 23.5. The first-order valence-electron chi connectivity index (χ1n) is 14.4. The van der Waals surface area contributed by atoms with E-state index in [0.29, 0.717) is 11.5 Å². The quantitative estimate of drug-likeness (QED) is 0.229. The van der Waals surface area contributed by atoms with E-state index in [0.717, 1.165) is 57.6 Å². The van der Waals surface area contributed by atoms with E-state index in [4.69, 9.17) is 9.15 Å². The normalized spacial score (nSPS) is 23.4. The lowest BCUT2D eigenvalue weighted by atomic mass is 9.80. The summed E-state index contributed by atoms with van der Waals surface area (Å²) < 4.78 is 15.4. The van der Waals surface area contributed by atoms with Gasteiger partial charge in [-0.05, 0) is 42.3 Å². The molecule has 5 aromatic rings. The summed E-state index contributed by atoms with van der Waals surface area (Å²) in [5.74, 6) is 1.62. The Labute approximate surface area is 237 Å². The number of para-hydroxylation sites is 1.